The maximum absolute atomic E-state index is 8.73. The fourth-order valence-electron chi connectivity index (χ4n) is 1.59. The molecule has 2 nitrogen and oxygen atoms in total. The summed E-state index contributed by atoms with van der Waals surface area (Å²) in [7, 11) is 0. The molecule has 1 saturated heterocycles. The van der Waals surface area contributed by atoms with Gasteiger partial charge in [0.25, 0.3) is 0 Å². The van der Waals surface area contributed by atoms with Gasteiger partial charge < -0.3 is 34.9 Å². The molecule has 1 N–H and O–H groups in total. The Hall–Kier alpha value is 1.07. The van der Waals surface area contributed by atoms with Crippen molar-refractivity contribution >= 4 is 29.2 Å². The van der Waals surface area contributed by atoms with Crippen molar-refractivity contribution in [1.29, 1.82) is 0 Å². The zero-order chi connectivity index (χ0) is 8.97. The Labute approximate surface area is 113 Å². The molecule has 13 heavy (non-hydrogen) atoms. The van der Waals surface area contributed by atoms with Crippen LogP contribution in [0.2, 0.25) is 0 Å². The second-order valence-electron chi connectivity index (χ2n) is 3.21. The third kappa shape index (κ3) is 4.91. The van der Waals surface area contributed by atoms with Crippen LogP contribution in [0.5, 0.6) is 0 Å². The zero-order valence-corrected chi connectivity index (χ0v) is 11.7. The van der Waals surface area contributed by atoms with Gasteiger partial charge in [-0.25, -0.2) is 0 Å². The van der Waals surface area contributed by atoms with Crippen molar-refractivity contribution in [2.75, 3.05) is 19.7 Å². The molecule has 0 amide bonds. The fourth-order valence-corrected chi connectivity index (χ4v) is 1.95. The minimum atomic E-state index is 0. The Morgan fingerprint density at radius 2 is 2.00 bits per heavy atom. The van der Waals surface area contributed by atoms with Crippen molar-refractivity contribution in [1.82, 2.24) is 4.90 Å². The molecular formula is C8H14NNaOS2. The van der Waals surface area contributed by atoms with Crippen molar-refractivity contribution in [2.45, 2.75) is 19.3 Å². The number of hydrogen-bond donors (Lipinski definition) is 1. The summed E-state index contributed by atoms with van der Waals surface area (Å²) < 4.78 is 0.595. The molecule has 0 unspecified atom stereocenters. The van der Waals surface area contributed by atoms with E-state index in [1.54, 1.807) is 0 Å². The van der Waals surface area contributed by atoms with E-state index in [1.807, 2.05) is 0 Å². The summed E-state index contributed by atoms with van der Waals surface area (Å²) in [5.74, 6) is 0.676. The molecule has 1 aliphatic heterocycles. The van der Waals surface area contributed by atoms with Crippen LogP contribution in [0, 0.1) is 5.92 Å². The second kappa shape index (κ2) is 7.37. The van der Waals surface area contributed by atoms with Gasteiger partial charge in [-0.2, -0.15) is 0 Å². The van der Waals surface area contributed by atoms with Gasteiger partial charge in [0.05, 0.1) is 0 Å². The predicted molar refractivity (Wildman–Crippen MR) is 56.0 cm³/mol. The van der Waals surface area contributed by atoms with Crippen LogP contribution in [-0.4, -0.2) is 34.0 Å². The number of thiocarbonyl (C=S) groups is 1. The van der Waals surface area contributed by atoms with E-state index in [0.29, 0.717) is 16.8 Å². The molecule has 0 bridgehead atoms. The summed E-state index contributed by atoms with van der Waals surface area (Å²) in [5.41, 5.74) is 0. The van der Waals surface area contributed by atoms with Crippen LogP contribution in [0.15, 0.2) is 0 Å². The molecule has 1 fully saturated rings. The van der Waals surface area contributed by atoms with Gasteiger partial charge in [-0.05, 0) is 25.2 Å². The average Bonchev–Trinajstić information content (AvgIpc) is 2.06. The van der Waals surface area contributed by atoms with Gasteiger partial charge in [0, 0.05) is 19.7 Å². The normalized spacial score (nSPS) is 18.1. The maximum atomic E-state index is 8.73. The van der Waals surface area contributed by atoms with Crippen molar-refractivity contribution in [3.63, 3.8) is 0 Å². The van der Waals surface area contributed by atoms with Crippen LogP contribution in [-0.2, 0) is 12.6 Å². The van der Waals surface area contributed by atoms with Gasteiger partial charge in [0.15, 0.2) is 0 Å². The number of likely N-dealkylation sites (tertiary alicyclic amines) is 1. The largest absolute Gasteiger partial charge is 1.00 e. The summed E-state index contributed by atoms with van der Waals surface area (Å²) >= 11 is 9.82. The summed E-state index contributed by atoms with van der Waals surface area (Å²) in [6.45, 7) is 2.27. The molecule has 5 heteroatoms. The molecule has 0 aromatic heterocycles. The molecule has 1 rings (SSSR count). The van der Waals surface area contributed by atoms with E-state index < -0.39 is 0 Å². The molecule has 1 heterocycles. The van der Waals surface area contributed by atoms with Crippen molar-refractivity contribution < 1.29 is 34.7 Å². The van der Waals surface area contributed by atoms with E-state index in [4.69, 9.17) is 30.0 Å². The quantitative estimate of drug-likeness (QED) is 0.332. The maximum Gasteiger partial charge on any atom is 1.00 e. The van der Waals surface area contributed by atoms with Crippen LogP contribution in [0.1, 0.15) is 19.3 Å². The van der Waals surface area contributed by atoms with Gasteiger partial charge >= 0.3 is 29.6 Å². The summed E-state index contributed by atoms with van der Waals surface area (Å²) in [6.07, 6.45) is 3.17. The van der Waals surface area contributed by atoms with Gasteiger partial charge in [0.1, 0.15) is 0 Å². The Morgan fingerprint density at radius 1 is 1.46 bits per heavy atom. The molecule has 0 saturated carbocycles. The number of aliphatic hydroxyl groups excluding tert-OH is 1. The molecule has 0 aromatic carbocycles. The number of aliphatic hydroxyl groups is 1. The van der Waals surface area contributed by atoms with Crippen LogP contribution < -0.4 is 29.6 Å². The smallest absolute Gasteiger partial charge is 0.411 e. The number of piperidine rings is 1. The molecular weight excluding hydrogens is 213 g/mol. The molecule has 0 atom stereocenters. The zero-order valence-electron chi connectivity index (χ0n) is 8.03. The van der Waals surface area contributed by atoms with Crippen LogP contribution in [0.3, 0.4) is 0 Å². The van der Waals surface area contributed by atoms with Gasteiger partial charge in [-0.3, -0.25) is 0 Å². The predicted octanol–water partition coefficient (Wildman–Crippen LogP) is -2.08. The third-order valence-electron chi connectivity index (χ3n) is 2.41. The summed E-state index contributed by atoms with van der Waals surface area (Å²) in [5, 5.41) is 8.73. The van der Waals surface area contributed by atoms with E-state index in [0.717, 1.165) is 32.4 Å². The molecule has 0 aliphatic carbocycles. The fraction of sp³-hybridized carbons (Fsp3) is 0.875. The molecule has 0 aromatic rings. The first-order chi connectivity index (χ1) is 5.74. The number of nitrogens with zero attached hydrogens (tertiary/aromatic N) is 1. The minimum Gasteiger partial charge on any atom is -0.411 e. The van der Waals surface area contributed by atoms with E-state index in [9.17, 15) is 0 Å². The van der Waals surface area contributed by atoms with Gasteiger partial charge in [-0.1, -0.05) is 4.32 Å². The van der Waals surface area contributed by atoms with Crippen LogP contribution in [0.4, 0.5) is 0 Å². The minimum absolute atomic E-state index is 0. The Morgan fingerprint density at radius 3 is 2.38 bits per heavy atom. The number of rotatable bonds is 2. The Bertz CT molecular complexity index is 160. The average molecular weight is 227 g/mol. The molecule has 0 spiro atoms. The van der Waals surface area contributed by atoms with E-state index >= 15 is 0 Å². The number of hydrogen-bond acceptors (Lipinski definition) is 3. The van der Waals surface area contributed by atoms with Gasteiger partial charge in [0.2, 0.25) is 0 Å². The van der Waals surface area contributed by atoms with E-state index in [-0.39, 0.29) is 29.6 Å². The molecule has 0 radical (unpaired) electrons. The third-order valence-corrected chi connectivity index (χ3v) is 2.93. The standard InChI is InChI=1S/C8H15NOS2.Na/c10-6-3-7-1-4-9(5-2-7)8(11)12;/h7,10H,1-6H2,(H,11,12);/q;+1/p-1. The van der Waals surface area contributed by atoms with E-state index in [2.05, 4.69) is 4.90 Å². The van der Waals surface area contributed by atoms with Crippen LogP contribution >= 0.6 is 12.2 Å². The van der Waals surface area contributed by atoms with Gasteiger partial charge in [-0.15, -0.1) is 0 Å². The van der Waals surface area contributed by atoms with Crippen molar-refractivity contribution in [3.8, 4) is 0 Å². The first-order valence-electron chi connectivity index (χ1n) is 4.31. The first kappa shape index (κ1) is 14.1. The monoisotopic (exact) mass is 227 g/mol. The summed E-state index contributed by atoms with van der Waals surface area (Å²) in [6, 6.07) is 0. The Kier molecular flexibility index (Phi) is 7.98. The molecule has 70 valence electrons. The first-order valence-corrected chi connectivity index (χ1v) is 5.12. The van der Waals surface area contributed by atoms with Crippen molar-refractivity contribution in [2.24, 2.45) is 5.92 Å². The second-order valence-corrected chi connectivity index (χ2v) is 4.24. The van der Waals surface area contributed by atoms with E-state index in [1.165, 1.54) is 0 Å². The molecule has 1 aliphatic rings. The summed E-state index contributed by atoms with van der Waals surface area (Å²) in [4.78, 5) is 2.07. The van der Waals surface area contributed by atoms with Crippen LogP contribution in [0.25, 0.3) is 0 Å². The Balaban J connectivity index is 0.00000144. The topological polar surface area (TPSA) is 23.5 Å². The SMILES string of the molecule is OCCC1CCN(C(=S)[S-])CC1.[Na+]. The van der Waals surface area contributed by atoms with Crippen molar-refractivity contribution in [3.05, 3.63) is 0 Å².